The van der Waals surface area contributed by atoms with Crippen molar-refractivity contribution in [1.82, 2.24) is 4.98 Å². The molecule has 2 heterocycles. The Hall–Kier alpha value is -2.95. The highest BCUT2D eigenvalue weighted by Gasteiger charge is 2.15. The van der Waals surface area contributed by atoms with Crippen molar-refractivity contribution in [3.63, 3.8) is 0 Å². The number of aromatic nitrogens is 1. The molecule has 5 nitrogen and oxygen atoms in total. The van der Waals surface area contributed by atoms with Crippen LogP contribution < -0.4 is 20.5 Å². The van der Waals surface area contributed by atoms with Crippen molar-refractivity contribution >= 4 is 28.0 Å². The minimum atomic E-state index is 0.264. The molecule has 5 heteroatoms. The molecule has 1 aromatic heterocycles. The van der Waals surface area contributed by atoms with Gasteiger partial charge >= 0.3 is 0 Å². The zero-order chi connectivity index (χ0) is 14.2. The maximum Gasteiger partial charge on any atom is 0.231 e. The van der Waals surface area contributed by atoms with Crippen molar-refractivity contribution in [1.29, 1.82) is 0 Å². The van der Waals surface area contributed by atoms with Gasteiger partial charge in [-0.25, -0.2) is 4.98 Å². The fourth-order valence-corrected chi connectivity index (χ4v) is 2.37. The van der Waals surface area contributed by atoms with Gasteiger partial charge in [0.05, 0.1) is 0 Å². The Morgan fingerprint density at radius 3 is 2.57 bits per heavy atom. The van der Waals surface area contributed by atoms with Gasteiger partial charge in [0.1, 0.15) is 5.82 Å². The second kappa shape index (κ2) is 4.56. The lowest BCUT2D eigenvalue weighted by Crippen LogP contribution is -1.95. The monoisotopic (exact) mass is 279 g/mol. The van der Waals surface area contributed by atoms with E-state index in [2.05, 4.69) is 10.3 Å². The number of ether oxygens (including phenoxy) is 2. The minimum absolute atomic E-state index is 0.264. The summed E-state index contributed by atoms with van der Waals surface area (Å²) in [4.78, 5) is 4.41. The van der Waals surface area contributed by atoms with E-state index in [0.29, 0.717) is 0 Å². The number of hydrogen-bond acceptors (Lipinski definition) is 5. The molecule has 0 fully saturated rings. The Bertz CT molecular complexity index is 816. The second-order valence-electron chi connectivity index (χ2n) is 4.83. The molecule has 0 amide bonds. The summed E-state index contributed by atoms with van der Waals surface area (Å²) in [7, 11) is 0. The van der Waals surface area contributed by atoms with Crippen LogP contribution >= 0.6 is 0 Å². The molecular formula is C16H13N3O2. The SMILES string of the molecule is Nc1ccc(Nc2nccc3cc4c(cc23)OCO4)cc1. The maximum atomic E-state index is 5.70. The number of nitrogens with two attached hydrogens (primary N) is 1. The fourth-order valence-electron chi connectivity index (χ4n) is 2.37. The summed E-state index contributed by atoms with van der Waals surface area (Å²) >= 11 is 0. The van der Waals surface area contributed by atoms with Crippen LogP contribution in [-0.2, 0) is 0 Å². The molecule has 0 spiro atoms. The largest absolute Gasteiger partial charge is 0.454 e. The first-order valence-electron chi connectivity index (χ1n) is 6.60. The molecule has 21 heavy (non-hydrogen) atoms. The summed E-state index contributed by atoms with van der Waals surface area (Å²) in [5.41, 5.74) is 7.36. The Kier molecular flexibility index (Phi) is 2.57. The molecule has 1 aliphatic rings. The number of nitrogen functional groups attached to an aromatic ring is 1. The predicted octanol–water partition coefficient (Wildman–Crippen LogP) is 3.29. The Morgan fingerprint density at radius 1 is 1.00 bits per heavy atom. The van der Waals surface area contributed by atoms with E-state index in [-0.39, 0.29) is 6.79 Å². The maximum absolute atomic E-state index is 5.70. The van der Waals surface area contributed by atoms with Gasteiger partial charge in [0.25, 0.3) is 0 Å². The van der Waals surface area contributed by atoms with Crippen LogP contribution in [0.2, 0.25) is 0 Å². The van der Waals surface area contributed by atoms with Crippen molar-refractivity contribution in [3.8, 4) is 11.5 Å². The molecule has 0 saturated heterocycles. The first-order chi connectivity index (χ1) is 10.3. The molecular weight excluding hydrogens is 266 g/mol. The van der Waals surface area contributed by atoms with Crippen LogP contribution in [0, 0.1) is 0 Å². The van der Waals surface area contributed by atoms with Crippen LogP contribution in [-0.4, -0.2) is 11.8 Å². The molecule has 0 aliphatic carbocycles. The predicted molar refractivity (Wildman–Crippen MR) is 82.0 cm³/mol. The highest BCUT2D eigenvalue weighted by Crippen LogP contribution is 2.38. The lowest BCUT2D eigenvalue weighted by molar-refractivity contribution is 0.174. The molecule has 0 bridgehead atoms. The molecule has 1 aliphatic heterocycles. The highest BCUT2D eigenvalue weighted by atomic mass is 16.7. The Balaban J connectivity index is 1.79. The zero-order valence-electron chi connectivity index (χ0n) is 11.2. The summed E-state index contributed by atoms with van der Waals surface area (Å²) in [5, 5.41) is 5.34. The minimum Gasteiger partial charge on any atom is -0.454 e. The average Bonchev–Trinajstić information content (AvgIpc) is 2.95. The van der Waals surface area contributed by atoms with E-state index in [9.17, 15) is 0 Å². The van der Waals surface area contributed by atoms with Crippen LogP contribution in [0.5, 0.6) is 11.5 Å². The first-order valence-corrected chi connectivity index (χ1v) is 6.60. The van der Waals surface area contributed by atoms with Crippen LogP contribution in [0.4, 0.5) is 17.2 Å². The van der Waals surface area contributed by atoms with Crippen molar-refractivity contribution in [2.24, 2.45) is 0 Å². The van der Waals surface area contributed by atoms with Gasteiger partial charge in [-0.15, -0.1) is 0 Å². The molecule has 104 valence electrons. The van der Waals surface area contributed by atoms with E-state index in [1.807, 2.05) is 42.5 Å². The third-order valence-corrected chi connectivity index (χ3v) is 3.43. The molecule has 0 radical (unpaired) electrons. The number of benzene rings is 2. The summed E-state index contributed by atoms with van der Waals surface area (Å²) < 4.78 is 10.8. The molecule has 0 saturated carbocycles. The standard InChI is InChI=1S/C16H13N3O2/c17-11-1-3-12(4-2-11)19-16-13-8-15-14(20-9-21-15)7-10(13)5-6-18-16/h1-8H,9,17H2,(H,18,19). The quantitative estimate of drug-likeness (QED) is 0.704. The van der Waals surface area contributed by atoms with Gasteiger partial charge < -0.3 is 20.5 Å². The Labute approximate surface area is 121 Å². The van der Waals surface area contributed by atoms with Crippen LogP contribution in [0.1, 0.15) is 0 Å². The van der Waals surface area contributed by atoms with E-state index in [4.69, 9.17) is 15.2 Å². The number of nitrogens with one attached hydrogen (secondary N) is 1. The van der Waals surface area contributed by atoms with Gasteiger partial charge in [-0.1, -0.05) is 0 Å². The molecule has 0 atom stereocenters. The third kappa shape index (κ3) is 2.08. The highest BCUT2D eigenvalue weighted by molar-refractivity contribution is 5.95. The van der Waals surface area contributed by atoms with Crippen molar-refractivity contribution < 1.29 is 9.47 Å². The molecule has 3 N–H and O–H groups in total. The van der Waals surface area contributed by atoms with E-state index in [1.54, 1.807) is 6.20 Å². The number of fused-ring (bicyclic) bond motifs is 2. The normalized spacial score (nSPS) is 12.6. The van der Waals surface area contributed by atoms with Crippen molar-refractivity contribution in [2.75, 3.05) is 17.8 Å². The Morgan fingerprint density at radius 2 is 1.76 bits per heavy atom. The van der Waals surface area contributed by atoms with E-state index < -0.39 is 0 Å². The molecule has 2 aromatic carbocycles. The van der Waals surface area contributed by atoms with E-state index in [1.165, 1.54) is 0 Å². The first kappa shape index (κ1) is 11.8. The lowest BCUT2D eigenvalue weighted by Gasteiger charge is -2.09. The molecule has 3 aromatic rings. The van der Waals surface area contributed by atoms with Gasteiger partial charge in [0, 0.05) is 23.0 Å². The van der Waals surface area contributed by atoms with Gasteiger partial charge in [-0.05, 0) is 47.9 Å². The van der Waals surface area contributed by atoms with E-state index in [0.717, 1.165) is 39.5 Å². The average molecular weight is 279 g/mol. The zero-order valence-corrected chi connectivity index (χ0v) is 11.2. The van der Waals surface area contributed by atoms with Crippen LogP contribution in [0.25, 0.3) is 10.8 Å². The molecule has 4 rings (SSSR count). The lowest BCUT2D eigenvalue weighted by atomic mass is 10.1. The number of anilines is 3. The second-order valence-corrected chi connectivity index (χ2v) is 4.83. The summed E-state index contributed by atoms with van der Waals surface area (Å²) in [6, 6.07) is 13.4. The number of nitrogens with zero attached hydrogens (tertiary/aromatic N) is 1. The van der Waals surface area contributed by atoms with Crippen LogP contribution in [0.15, 0.2) is 48.7 Å². The van der Waals surface area contributed by atoms with E-state index >= 15 is 0 Å². The smallest absolute Gasteiger partial charge is 0.231 e. The van der Waals surface area contributed by atoms with Crippen LogP contribution in [0.3, 0.4) is 0 Å². The number of pyridine rings is 1. The number of hydrogen-bond donors (Lipinski definition) is 2. The fraction of sp³-hybridized carbons (Fsp3) is 0.0625. The summed E-state index contributed by atoms with van der Waals surface area (Å²) in [5.74, 6) is 2.29. The summed E-state index contributed by atoms with van der Waals surface area (Å²) in [6.45, 7) is 0.264. The van der Waals surface area contributed by atoms with Gasteiger partial charge in [0.15, 0.2) is 11.5 Å². The van der Waals surface area contributed by atoms with Gasteiger partial charge in [-0.2, -0.15) is 0 Å². The topological polar surface area (TPSA) is 69.4 Å². The summed E-state index contributed by atoms with van der Waals surface area (Å²) in [6.07, 6.45) is 1.77. The van der Waals surface area contributed by atoms with Crippen molar-refractivity contribution in [3.05, 3.63) is 48.7 Å². The number of rotatable bonds is 2. The third-order valence-electron chi connectivity index (χ3n) is 3.43. The van der Waals surface area contributed by atoms with Gasteiger partial charge in [-0.3, -0.25) is 0 Å². The van der Waals surface area contributed by atoms with Gasteiger partial charge in [0.2, 0.25) is 6.79 Å². The molecule has 0 unspecified atom stereocenters. The van der Waals surface area contributed by atoms with Crippen molar-refractivity contribution in [2.45, 2.75) is 0 Å².